The third-order valence-corrected chi connectivity index (χ3v) is 5.91. The van der Waals surface area contributed by atoms with Crippen LogP contribution in [0.1, 0.15) is 56.6 Å². The summed E-state index contributed by atoms with van der Waals surface area (Å²) in [7, 11) is 0. The molecule has 2 aliphatic heterocycles. The molecule has 136 valence electrons. The minimum Gasteiger partial charge on any atom is -0.355 e. The molecule has 1 aromatic heterocycles. The number of hydrogen-bond acceptors (Lipinski definition) is 4. The molecule has 0 spiro atoms. The minimum atomic E-state index is 0.00924. The molecule has 1 amide bonds. The van der Waals surface area contributed by atoms with Crippen LogP contribution in [0.4, 0.5) is 0 Å². The van der Waals surface area contributed by atoms with Gasteiger partial charge in [0.15, 0.2) is 0 Å². The number of rotatable bonds is 4. The number of hydrogen-bond donors (Lipinski definition) is 1. The van der Waals surface area contributed by atoms with Gasteiger partial charge in [-0.1, -0.05) is 0 Å². The van der Waals surface area contributed by atoms with Crippen LogP contribution in [0.3, 0.4) is 0 Å². The molecule has 3 heterocycles. The van der Waals surface area contributed by atoms with E-state index in [1.807, 2.05) is 6.07 Å². The highest BCUT2D eigenvalue weighted by Gasteiger charge is 2.31. The average molecular weight is 344 g/mol. The van der Waals surface area contributed by atoms with Crippen molar-refractivity contribution >= 4 is 5.91 Å². The van der Waals surface area contributed by atoms with Gasteiger partial charge in [-0.2, -0.15) is 5.10 Å². The second-order valence-corrected chi connectivity index (χ2v) is 7.83. The number of likely N-dealkylation sites (tertiary alicyclic amines) is 1. The van der Waals surface area contributed by atoms with E-state index in [4.69, 9.17) is 0 Å². The molecule has 1 atom stereocenters. The molecule has 4 rings (SSSR count). The zero-order valence-electron chi connectivity index (χ0n) is 14.8. The van der Waals surface area contributed by atoms with Crippen molar-refractivity contribution in [2.24, 2.45) is 5.92 Å². The fourth-order valence-electron chi connectivity index (χ4n) is 4.16. The Bertz CT molecular complexity index is 674. The number of carbonyl (C=O) groups excluding carboxylic acids is 1. The van der Waals surface area contributed by atoms with E-state index in [0.29, 0.717) is 18.4 Å². The Morgan fingerprint density at radius 3 is 2.60 bits per heavy atom. The summed E-state index contributed by atoms with van der Waals surface area (Å²) in [5.74, 6) is 1.25. The van der Waals surface area contributed by atoms with E-state index in [1.165, 1.54) is 12.8 Å². The Hall–Kier alpha value is -1.69. The first-order valence-corrected chi connectivity index (χ1v) is 9.80. The maximum atomic E-state index is 12.2. The van der Waals surface area contributed by atoms with Crippen molar-refractivity contribution in [1.29, 1.82) is 0 Å². The normalized spacial score (nSPS) is 26.2. The zero-order valence-corrected chi connectivity index (χ0v) is 14.8. The number of nitrogens with one attached hydrogen (secondary N) is 1. The first-order valence-electron chi connectivity index (χ1n) is 9.80. The van der Waals surface area contributed by atoms with E-state index in [-0.39, 0.29) is 17.5 Å². The summed E-state index contributed by atoms with van der Waals surface area (Å²) in [6, 6.07) is 3.61. The Kier molecular flexibility index (Phi) is 4.88. The molecular weight excluding hydrogens is 316 g/mol. The van der Waals surface area contributed by atoms with Crippen molar-refractivity contribution in [3.63, 3.8) is 0 Å². The maximum absolute atomic E-state index is 12.2. The molecule has 1 aliphatic carbocycles. The number of aromatic nitrogens is 2. The maximum Gasteiger partial charge on any atom is 0.266 e. The molecule has 1 aromatic rings. The molecule has 0 aromatic carbocycles. The third-order valence-electron chi connectivity index (χ3n) is 5.91. The fourth-order valence-corrected chi connectivity index (χ4v) is 4.16. The molecule has 2 saturated heterocycles. The third kappa shape index (κ3) is 3.94. The highest BCUT2D eigenvalue weighted by atomic mass is 16.2. The summed E-state index contributed by atoms with van der Waals surface area (Å²) in [6.45, 7) is 3.42. The second-order valence-electron chi connectivity index (χ2n) is 7.83. The first kappa shape index (κ1) is 16.8. The van der Waals surface area contributed by atoms with Crippen LogP contribution in [0.25, 0.3) is 0 Å². The largest absolute Gasteiger partial charge is 0.355 e. The monoisotopic (exact) mass is 344 g/mol. The van der Waals surface area contributed by atoms with Gasteiger partial charge in [-0.3, -0.25) is 14.5 Å². The zero-order chi connectivity index (χ0) is 17.2. The average Bonchev–Trinajstić information content (AvgIpc) is 3.46. The van der Waals surface area contributed by atoms with Gasteiger partial charge in [0.1, 0.15) is 0 Å². The lowest BCUT2D eigenvalue weighted by molar-refractivity contribution is -0.126. The highest BCUT2D eigenvalue weighted by Crippen LogP contribution is 2.38. The van der Waals surface area contributed by atoms with Gasteiger partial charge in [0.2, 0.25) is 5.91 Å². The lowest BCUT2D eigenvalue weighted by atomic mass is 9.94. The predicted molar refractivity (Wildman–Crippen MR) is 95.4 cm³/mol. The molecule has 1 N–H and O–H groups in total. The first-order chi connectivity index (χ1) is 12.2. The predicted octanol–water partition coefficient (Wildman–Crippen LogP) is 1.50. The summed E-state index contributed by atoms with van der Waals surface area (Å²) in [6.07, 6.45) is 7.65. The fraction of sp³-hybridized carbons (Fsp3) is 0.737. The molecule has 3 aliphatic rings. The minimum absolute atomic E-state index is 0.00924. The van der Waals surface area contributed by atoms with Crippen LogP contribution in [-0.4, -0.2) is 46.3 Å². The van der Waals surface area contributed by atoms with E-state index >= 15 is 0 Å². The van der Waals surface area contributed by atoms with Crippen molar-refractivity contribution < 1.29 is 4.79 Å². The quantitative estimate of drug-likeness (QED) is 0.899. The Morgan fingerprint density at radius 2 is 1.84 bits per heavy atom. The standard InChI is InChI=1S/C19H28N4O2/c24-18-7-6-16(15-4-5-15)21-23(18)13-14-8-11-22(12-9-14)17-3-1-2-10-20-19(17)25/h6-7,14-15,17H,1-5,8-13H2,(H,20,25). The van der Waals surface area contributed by atoms with Gasteiger partial charge in [0.25, 0.3) is 5.56 Å². The Labute approximate surface area is 148 Å². The van der Waals surface area contributed by atoms with E-state index in [2.05, 4.69) is 15.3 Å². The van der Waals surface area contributed by atoms with Gasteiger partial charge < -0.3 is 5.32 Å². The number of piperidine rings is 1. The van der Waals surface area contributed by atoms with Gasteiger partial charge in [0, 0.05) is 25.1 Å². The smallest absolute Gasteiger partial charge is 0.266 e. The molecule has 6 heteroatoms. The lowest BCUT2D eigenvalue weighted by Crippen LogP contribution is -2.49. The summed E-state index contributed by atoms with van der Waals surface area (Å²) in [5, 5.41) is 7.63. The van der Waals surface area contributed by atoms with Crippen LogP contribution in [0, 0.1) is 5.92 Å². The molecular formula is C19H28N4O2. The SMILES string of the molecule is O=C1NCCCCC1N1CCC(Cn2nc(C3CC3)ccc2=O)CC1. The van der Waals surface area contributed by atoms with Gasteiger partial charge in [0.05, 0.1) is 11.7 Å². The topological polar surface area (TPSA) is 67.2 Å². The lowest BCUT2D eigenvalue weighted by Gasteiger charge is -2.36. The van der Waals surface area contributed by atoms with E-state index < -0.39 is 0 Å². The Morgan fingerprint density at radius 1 is 1.04 bits per heavy atom. The van der Waals surface area contributed by atoms with E-state index in [0.717, 1.165) is 57.4 Å². The van der Waals surface area contributed by atoms with Crippen molar-refractivity contribution in [3.05, 3.63) is 28.2 Å². The molecule has 3 fully saturated rings. The molecule has 0 bridgehead atoms. The summed E-state index contributed by atoms with van der Waals surface area (Å²) in [5.41, 5.74) is 1.09. The molecule has 1 unspecified atom stereocenters. The number of amides is 1. The van der Waals surface area contributed by atoms with Crippen LogP contribution >= 0.6 is 0 Å². The van der Waals surface area contributed by atoms with Crippen LogP contribution in [0.2, 0.25) is 0 Å². The second kappa shape index (κ2) is 7.28. The van der Waals surface area contributed by atoms with Crippen LogP contribution < -0.4 is 10.9 Å². The molecule has 0 radical (unpaired) electrons. The van der Waals surface area contributed by atoms with Crippen molar-refractivity contribution in [2.45, 2.75) is 63.5 Å². The van der Waals surface area contributed by atoms with Crippen molar-refractivity contribution in [1.82, 2.24) is 20.0 Å². The molecule has 1 saturated carbocycles. The van der Waals surface area contributed by atoms with Crippen LogP contribution in [0.5, 0.6) is 0 Å². The Balaban J connectivity index is 1.35. The van der Waals surface area contributed by atoms with Gasteiger partial charge >= 0.3 is 0 Å². The van der Waals surface area contributed by atoms with Gasteiger partial charge in [-0.05, 0) is 70.0 Å². The number of carbonyl (C=O) groups is 1. The van der Waals surface area contributed by atoms with Gasteiger partial charge in [-0.15, -0.1) is 0 Å². The summed E-state index contributed by atoms with van der Waals surface area (Å²) < 4.78 is 1.67. The van der Waals surface area contributed by atoms with Crippen LogP contribution in [-0.2, 0) is 11.3 Å². The summed E-state index contributed by atoms with van der Waals surface area (Å²) in [4.78, 5) is 26.7. The van der Waals surface area contributed by atoms with E-state index in [9.17, 15) is 9.59 Å². The van der Waals surface area contributed by atoms with Crippen molar-refractivity contribution in [3.8, 4) is 0 Å². The summed E-state index contributed by atoms with van der Waals surface area (Å²) >= 11 is 0. The van der Waals surface area contributed by atoms with Gasteiger partial charge in [-0.25, -0.2) is 4.68 Å². The van der Waals surface area contributed by atoms with Crippen molar-refractivity contribution in [2.75, 3.05) is 19.6 Å². The highest BCUT2D eigenvalue weighted by molar-refractivity contribution is 5.81. The molecule has 25 heavy (non-hydrogen) atoms. The number of nitrogens with zero attached hydrogens (tertiary/aromatic N) is 3. The van der Waals surface area contributed by atoms with Crippen LogP contribution in [0.15, 0.2) is 16.9 Å². The van der Waals surface area contributed by atoms with E-state index in [1.54, 1.807) is 10.7 Å². The molecule has 6 nitrogen and oxygen atoms in total.